The minimum absolute atomic E-state index is 0.0747. The topological polar surface area (TPSA) is 46.2 Å². The molecule has 0 radical (unpaired) electrons. The van der Waals surface area contributed by atoms with Gasteiger partial charge in [-0.25, -0.2) is 13.1 Å². The molecule has 1 aromatic carbocycles. The summed E-state index contributed by atoms with van der Waals surface area (Å²) in [4.78, 5) is 0.101. The molecule has 1 saturated carbocycles. The summed E-state index contributed by atoms with van der Waals surface area (Å²) in [6, 6.07) is 5.91. The van der Waals surface area contributed by atoms with Gasteiger partial charge in [-0.3, -0.25) is 0 Å². The highest BCUT2D eigenvalue weighted by Crippen LogP contribution is 2.37. The van der Waals surface area contributed by atoms with Crippen molar-refractivity contribution >= 4 is 10.0 Å². The lowest BCUT2D eigenvalue weighted by atomic mass is 9.86. The minimum Gasteiger partial charge on any atom is -0.208 e. The molecule has 0 aromatic heterocycles. The van der Waals surface area contributed by atoms with Gasteiger partial charge in [0.15, 0.2) is 0 Å². The molecule has 1 aliphatic carbocycles. The number of alkyl halides is 3. The number of nitrogens with one attached hydrogen (secondary N) is 1. The largest absolute Gasteiger partial charge is 0.391 e. The highest BCUT2D eigenvalue weighted by Gasteiger charge is 2.42. The predicted octanol–water partition coefficient (Wildman–Crippen LogP) is 4.60. The summed E-state index contributed by atoms with van der Waals surface area (Å²) in [7, 11) is -3.80. The number of hydrogen-bond acceptors (Lipinski definition) is 2. The summed E-state index contributed by atoms with van der Waals surface area (Å²) in [5.41, 5.74) is 1.05. The van der Waals surface area contributed by atoms with E-state index in [2.05, 4.69) is 18.6 Å². The normalized spacial score (nSPS) is 23.9. The number of benzene rings is 1. The summed E-state index contributed by atoms with van der Waals surface area (Å²) < 4.78 is 65.8. The predicted molar refractivity (Wildman–Crippen MR) is 87.3 cm³/mol. The van der Waals surface area contributed by atoms with Gasteiger partial charge in [0.2, 0.25) is 10.0 Å². The molecule has 7 heteroatoms. The molecule has 1 fully saturated rings. The lowest BCUT2D eigenvalue weighted by Crippen LogP contribution is -2.41. The molecule has 136 valence electrons. The van der Waals surface area contributed by atoms with E-state index in [9.17, 15) is 21.6 Å². The molecule has 1 aliphatic rings. The van der Waals surface area contributed by atoms with E-state index >= 15 is 0 Å². The highest BCUT2D eigenvalue weighted by molar-refractivity contribution is 7.89. The quantitative estimate of drug-likeness (QED) is 0.831. The Balaban J connectivity index is 2.08. The molecule has 2 rings (SSSR count). The Kier molecular flexibility index (Phi) is 5.96. The molecule has 0 spiro atoms. The molecule has 3 nitrogen and oxygen atoms in total. The van der Waals surface area contributed by atoms with Gasteiger partial charge in [-0.1, -0.05) is 32.4 Å². The second kappa shape index (κ2) is 7.44. The molecule has 3 atom stereocenters. The van der Waals surface area contributed by atoms with E-state index in [4.69, 9.17) is 0 Å². The fraction of sp³-hybridized carbons (Fsp3) is 0.647. The first-order valence-electron chi connectivity index (χ1n) is 8.32. The molecule has 0 heterocycles. The zero-order valence-electron chi connectivity index (χ0n) is 13.9. The third-order valence-corrected chi connectivity index (χ3v) is 6.37. The Bertz CT molecular complexity index is 641. The van der Waals surface area contributed by atoms with Gasteiger partial charge in [0.1, 0.15) is 0 Å². The maximum Gasteiger partial charge on any atom is 0.391 e. The first-order chi connectivity index (χ1) is 11.1. The van der Waals surface area contributed by atoms with E-state index in [-0.39, 0.29) is 17.7 Å². The van der Waals surface area contributed by atoms with Crippen LogP contribution in [0.15, 0.2) is 29.2 Å². The maximum atomic E-state index is 12.8. The lowest BCUT2D eigenvalue weighted by molar-refractivity contribution is -0.183. The van der Waals surface area contributed by atoms with Crippen LogP contribution in [0.3, 0.4) is 0 Å². The average Bonchev–Trinajstić information content (AvgIpc) is 2.53. The van der Waals surface area contributed by atoms with E-state index < -0.39 is 28.2 Å². The fourth-order valence-corrected chi connectivity index (χ4v) is 4.38. The van der Waals surface area contributed by atoms with E-state index in [1.165, 1.54) is 12.1 Å². The van der Waals surface area contributed by atoms with Gasteiger partial charge in [-0.2, -0.15) is 13.2 Å². The van der Waals surface area contributed by atoms with Crippen molar-refractivity contribution in [1.82, 2.24) is 4.72 Å². The number of sulfonamides is 1. The van der Waals surface area contributed by atoms with Crippen molar-refractivity contribution in [2.24, 2.45) is 5.92 Å². The first kappa shape index (κ1) is 19.2. The van der Waals surface area contributed by atoms with Gasteiger partial charge in [0.05, 0.1) is 10.8 Å². The van der Waals surface area contributed by atoms with E-state index in [0.717, 1.165) is 12.0 Å². The third kappa shape index (κ3) is 4.72. The average molecular weight is 363 g/mol. The molecule has 0 saturated heterocycles. The van der Waals surface area contributed by atoms with Crippen LogP contribution in [0, 0.1) is 5.92 Å². The Hall–Kier alpha value is -1.08. The van der Waals surface area contributed by atoms with Crippen LogP contribution in [0.25, 0.3) is 0 Å². The van der Waals surface area contributed by atoms with Crippen LogP contribution in [0.2, 0.25) is 0 Å². The van der Waals surface area contributed by atoms with Crippen molar-refractivity contribution in [3.8, 4) is 0 Å². The second-order valence-electron chi connectivity index (χ2n) is 6.60. The molecule has 1 N–H and O–H groups in total. The maximum absolute atomic E-state index is 12.8. The van der Waals surface area contributed by atoms with E-state index in [1.54, 1.807) is 12.1 Å². The molecule has 0 bridgehead atoms. The SMILES string of the molecule is CCC(C)c1ccc(S(=O)(=O)NC2CCCC(C(F)(F)F)C2)cc1. The lowest BCUT2D eigenvalue weighted by Gasteiger charge is -2.30. The Morgan fingerprint density at radius 1 is 1.21 bits per heavy atom. The van der Waals surface area contributed by atoms with Crippen LogP contribution in [-0.4, -0.2) is 20.6 Å². The van der Waals surface area contributed by atoms with Gasteiger partial charge in [-0.05, 0) is 49.3 Å². The molecular weight excluding hydrogens is 339 g/mol. The second-order valence-corrected chi connectivity index (χ2v) is 8.32. The van der Waals surface area contributed by atoms with Gasteiger partial charge < -0.3 is 0 Å². The van der Waals surface area contributed by atoms with Crippen LogP contribution in [0.4, 0.5) is 13.2 Å². The first-order valence-corrected chi connectivity index (χ1v) is 9.80. The number of hydrogen-bond donors (Lipinski definition) is 1. The highest BCUT2D eigenvalue weighted by atomic mass is 32.2. The molecule has 1 aromatic rings. The summed E-state index contributed by atoms with van der Waals surface area (Å²) in [6.07, 6.45) is -2.60. The third-order valence-electron chi connectivity index (χ3n) is 4.83. The zero-order chi connectivity index (χ0) is 18.0. The summed E-state index contributed by atoms with van der Waals surface area (Å²) >= 11 is 0. The van der Waals surface area contributed by atoms with Crippen LogP contribution in [0.1, 0.15) is 57.4 Å². The zero-order valence-corrected chi connectivity index (χ0v) is 14.8. The number of rotatable bonds is 5. The Morgan fingerprint density at radius 3 is 2.38 bits per heavy atom. The fourth-order valence-electron chi connectivity index (χ4n) is 3.09. The molecule has 24 heavy (non-hydrogen) atoms. The van der Waals surface area contributed by atoms with E-state index in [0.29, 0.717) is 18.8 Å². The van der Waals surface area contributed by atoms with Gasteiger partial charge >= 0.3 is 6.18 Å². The monoisotopic (exact) mass is 363 g/mol. The summed E-state index contributed by atoms with van der Waals surface area (Å²) in [5.74, 6) is -1.09. The number of halogens is 3. The van der Waals surface area contributed by atoms with Crippen molar-refractivity contribution < 1.29 is 21.6 Å². The van der Waals surface area contributed by atoms with Crippen LogP contribution >= 0.6 is 0 Å². The molecular formula is C17H24F3NO2S. The van der Waals surface area contributed by atoms with Gasteiger partial charge in [0.25, 0.3) is 0 Å². The Morgan fingerprint density at radius 2 is 1.83 bits per heavy atom. The Labute approximate surface area is 141 Å². The van der Waals surface area contributed by atoms with E-state index in [1.807, 2.05) is 0 Å². The van der Waals surface area contributed by atoms with Crippen molar-refractivity contribution in [1.29, 1.82) is 0 Å². The summed E-state index contributed by atoms with van der Waals surface area (Å²) in [5, 5.41) is 0. The molecule has 3 unspecified atom stereocenters. The van der Waals surface area contributed by atoms with Crippen molar-refractivity contribution in [3.63, 3.8) is 0 Å². The minimum atomic E-state index is -4.26. The van der Waals surface area contributed by atoms with Crippen molar-refractivity contribution in [2.75, 3.05) is 0 Å². The smallest absolute Gasteiger partial charge is 0.208 e. The van der Waals surface area contributed by atoms with Gasteiger partial charge in [-0.15, -0.1) is 0 Å². The molecule has 0 amide bonds. The van der Waals surface area contributed by atoms with Crippen LogP contribution < -0.4 is 4.72 Å². The standard InChI is InChI=1S/C17H24F3NO2S/c1-3-12(2)13-7-9-16(10-8-13)24(22,23)21-15-6-4-5-14(11-15)17(18,19)20/h7-10,12,14-15,21H,3-6,11H2,1-2H3. The van der Waals surface area contributed by atoms with Crippen molar-refractivity contribution in [2.45, 2.75) is 69.0 Å². The molecule has 0 aliphatic heterocycles. The van der Waals surface area contributed by atoms with Crippen LogP contribution in [-0.2, 0) is 10.0 Å². The van der Waals surface area contributed by atoms with Gasteiger partial charge in [0, 0.05) is 6.04 Å². The summed E-state index contributed by atoms with van der Waals surface area (Å²) in [6.45, 7) is 4.11. The van der Waals surface area contributed by atoms with Crippen molar-refractivity contribution in [3.05, 3.63) is 29.8 Å². The van der Waals surface area contributed by atoms with Crippen LogP contribution in [0.5, 0.6) is 0 Å².